The molecule has 1 fully saturated rings. The molecule has 6 nitrogen and oxygen atoms in total. The average Bonchev–Trinajstić information content (AvgIpc) is 2.86. The molecule has 1 aromatic rings. The summed E-state index contributed by atoms with van der Waals surface area (Å²) >= 11 is 7.74. The Labute approximate surface area is 165 Å². The van der Waals surface area contributed by atoms with E-state index in [0.717, 1.165) is 16.7 Å². The molecule has 0 unspecified atom stereocenters. The van der Waals surface area contributed by atoms with Crippen molar-refractivity contribution in [2.75, 3.05) is 18.6 Å². The first-order chi connectivity index (χ1) is 12.4. The van der Waals surface area contributed by atoms with Crippen LogP contribution in [0.3, 0.4) is 0 Å². The number of phenols is 1. The molecule has 1 aliphatic heterocycles. The van der Waals surface area contributed by atoms with E-state index in [9.17, 15) is 19.8 Å². The number of rotatable bonds is 8. The molecule has 26 heavy (non-hydrogen) atoms. The molecule has 1 amide bonds. The van der Waals surface area contributed by atoms with Gasteiger partial charge in [0.05, 0.1) is 23.5 Å². The second kappa shape index (κ2) is 9.29. The zero-order chi connectivity index (χ0) is 19.3. The Morgan fingerprint density at radius 3 is 2.88 bits per heavy atom. The fraction of sp³-hybridized carbons (Fsp3) is 0.353. The van der Waals surface area contributed by atoms with Crippen molar-refractivity contribution in [3.63, 3.8) is 0 Å². The fourth-order valence-electron chi connectivity index (χ4n) is 2.37. The summed E-state index contributed by atoms with van der Waals surface area (Å²) in [5.41, 5.74) is 0.640. The van der Waals surface area contributed by atoms with Crippen molar-refractivity contribution in [3.8, 4) is 11.5 Å². The number of thioether (sulfide) groups is 2. The van der Waals surface area contributed by atoms with Gasteiger partial charge in [-0.15, -0.1) is 0 Å². The predicted octanol–water partition coefficient (Wildman–Crippen LogP) is 1.86. The van der Waals surface area contributed by atoms with E-state index in [0.29, 0.717) is 28.6 Å². The van der Waals surface area contributed by atoms with Gasteiger partial charge >= 0.3 is 0 Å². The highest BCUT2D eigenvalue weighted by Gasteiger charge is 2.37. The molecule has 0 aliphatic carbocycles. The number of hydrogen-bond donors (Lipinski definition) is 1. The summed E-state index contributed by atoms with van der Waals surface area (Å²) in [7, 11) is 0. The Balaban J connectivity index is 2.28. The van der Waals surface area contributed by atoms with E-state index < -0.39 is 17.9 Å². The molecule has 1 atom stereocenters. The van der Waals surface area contributed by atoms with E-state index in [1.165, 1.54) is 17.8 Å². The molecule has 9 heteroatoms. The standard InChI is InChI=1S/C17H19NO5S3/c1-3-23-13-8-10(4-5-12(13)19)9-14-15(20)18(17(24)26-14)11(16(21)22)6-7-25-2/h4-5,8-9,11,19H,3,6-7H2,1-2H3,(H,21,22)/p-1/b14-9-/t11-/m0/s1. The van der Waals surface area contributed by atoms with Gasteiger partial charge < -0.3 is 19.7 Å². The van der Waals surface area contributed by atoms with Crippen LogP contribution < -0.4 is 9.84 Å². The molecule has 0 aromatic heterocycles. The van der Waals surface area contributed by atoms with Crippen LogP contribution in [-0.2, 0) is 9.59 Å². The van der Waals surface area contributed by atoms with E-state index in [1.807, 2.05) is 6.26 Å². The molecule has 1 N–H and O–H groups in total. The Hall–Kier alpha value is -1.71. The third-order valence-corrected chi connectivity index (χ3v) is 5.56. The number of aromatic hydroxyl groups is 1. The maximum atomic E-state index is 12.7. The van der Waals surface area contributed by atoms with Gasteiger partial charge in [0, 0.05) is 0 Å². The lowest BCUT2D eigenvalue weighted by Gasteiger charge is -2.27. The fourth-order valence-corrected chi connectivity index (χ4v) is 4.19. The molecule has 0 radical (unpaired) electrons. The van der Waals surface area contributed by atoms with Crippen molar-refractivity contribution in [1.82, 2.24) is 4.90 Å². The minimum Gasteiger partial charge on any atom is -0.548 e. The van der Waals surface area contributed by atoms with Crippen molar-refractivity contribution in [2.24, 2.45) is 0 Å². The summed E-state index contributed by atoms with van der Waals surface area (Å²) in [4.78, 5) is 25.6. The quantitative estimate of drug-likeness (QED) is 0.511. The predicted molar refractivity (Wildman–Crippen MR) is 106 cm³/mol. The Kier molecular flexibility index (Phi) is 7.36. The molecule has 1 aliphatic rings. The second-order valence-electron chi connectivity index (χ2n) is 5.33. The van der Waals surface area contributed by atoms with Gasteiger partial charge in [0.15, 0.2) is 11.5 Å². The first kappa shape index (κ1) is 20.6. The maximum absolute atomic E-state index is 12.7. The number of carboxylic acid groups (broad SMARTS) is 1. The van der Waals surface area contributed by atoms with Gasteiger partial charge in [0.2, 0.25) is 0 Å². The lowest BCUT2D eigenvalue weighted by molar-refractivity contribution is -0.310. The van der Waals surface area contributed by atoms with Crippen LogP contribution in [0.2, 0.25) is 0 Å². The molecule has 1 aromatic carbocycles. The number of thiocarbonyl (C=S) groups is 1. The summed E-state index contributed by atoms with van der Waals surface area (Å²) < 4.78 is 5.52. The molecule has 0 bridgehead atoms. The van der Waals surface area contributed by atoms with Crippen LogP contribution in [0.5, 0.6) is 11.5 Å². The minimum atomic E-state index is -1.32. The third kappa shape index (κ3) is 4.72. The Bertz CT molecular complexity index is 750. The van der Waals surface area contributed by atoms with Gasteiger partial charge in [-0.3, -0.25) is 9.69 Å². The Morgan fingerprint density at radius 2 is 2.27 bits per heavy atom. The van der Waals surface area contributed by atoms with Gasteiger partial charge in [0.25, 0.3) is 5.91 Å². The molecule has 0 spiro atoms. The topological polar surface area (TPSA) is 89.9 Å². The van der Waals surface area contributed by atoms with E-state index in [4.69, 9.17) is 17.0 Å². The number of carbonyl (C=O) groups is 2. The summed E-state index contributed by atoms with van der Waals surface area (Å²) in [5.74, 6) is -0.888. The monoisotopic (exact) mass is 412 g/mol. The van der Waals surface area contributed by atoms with Crippen molar-refractivity contribution in [1.29, 1.82) is 0 Å². The highest BCUT2D eigenvalue weighted by molar-refractivity contribution is 8.26. The van der Waals surface area contributed by atoms with Gasteiger partial charge in [0.1, 0.15) is 4.32 Å². The number of amides is 1. The number of benzene rings is 1. The minimum absolute atomic E-state index is 0.00521. The van der Waals surface area contributed by atoms with E-state index >= 15 is 0 Å². The molecular formula is C17H18NO5S3-. The van der Waals surface area contributed by atoms with Crippen LogP contribution in [0.25, 0.3) is 6.08 Å². The highest BCUT2D eigenvalue weighted by Crippen LogP contribution is 2.36. The van der Waals surface area contributed by atoms with Crippen molar-refractivity contribution < 1.29 is 24.5 Å². The van der Waals surface area contributed by atoms with Gasteiger partial charge in [-0.1, -0.05) is 30.0 Å². The highest BCUT2D eigenvalue weighted by atomic mass is 32.2. The number of phenolic OH excluding ortho intramolecular Hbond substituents is 1. The number of carboxylic acids is 1. The lowest BCUT2D eigenvalue weighted by atomic mass is 10.1. The first-order valence-corrected chi connectivity index (χ1v) is 10.4. The number of nitrogens with zero attached hydrogens (tertiary/aromatic N) is 1. The molecule has 2 rings (SSSR count). The molecule has 140 valence electrons. The van der Waals surface area contributed by atoms with Crippen LogP contribution in [-0.4, -0.2) is 50.9 Å². The summed E-state index contributed by atoms with van der Waals surface area (Å²) in [6.07, 6.45) is 3.72. The summed E-state index contributed by atoms with van der Waals surface area (Å²) in [5, 5.41) is 21.2. The van der Waals surface area contributed by atoms with Crippen molar-refractivity contribution in [3.05, 3.63) is 28.7 Å². The molecule has 1 saturated heterocycles. The SMILES string of the molecule is CCOc1cc(/C=C2\SC(=S)N([C@@H](CCSC)C(=O)[O-])C2=O)ccc1O. The average molecular weight is 413 g/mol. The molecular weight excluding hydrogens is 394 g/mol. The number of aliphatic carboxylic acids is 1. The zero-order valence-electron chi connectivity index (χ0n) is 14.3. The van der Waals surface area contributed by atoms with E-state index in [2.05, 4.69) is 0 Å². The van der Waals surface area contributed by atoms with Gasteiger partial charge in [-0.2, -0.15) is 11.8 Å². The van der Waals surface area contributed by atoms with Crippen molar-refractivity contribution in [2.45, 2.75) is 19.4 Å². The molecule has 1 heterocycles. The third-order valence-electron chi connectivity index (χ3n) is 3.58. The number of carbonyl (C=O) groups excluding carboxylic acids is 2. The first-order valence-electron chi connectivity index (χ1n) is 7.81. The second-order valence-corrected chi connectivity index (χ2v) is 7.99. The Morgan fingerprint density at radius 1 is 1.54 bits per heavy atom. The van der Waals surface area contributed by atoms with Gasteiger partial charge in [-0.05, 0) is 49.1 Å². The lowest BCUT2D eigenvalue weighted by Crippen LogP contribution is -2.50. The van der Waals surface area contributed by atoms with Crippen LogP contribution in [0.15, 0.2) is 23.1 Å². The van der Waals surface area contributed by atoms with E-state index in [1.54, 1.807) is 25.1 Å². The van der Waals surface area contributed by atoms with Gasteiger partial charge in [-0.25, -0.2) is 0 Å². The number of hydrogen-bond acceptors (Lipinski definition) is 8. The molecule has 0 saturated carbocycles. The van der Waals surface area contributed by atoms with Crippen LogP contribution in [0.1, 0.15) is 18.9 Å². The zero-order valence-corrected chi connectivity index (χ0v) is 16.7. The van der Waals surface area contributed by atoms with Crippen LogP contribution >= 0.6 is 35.7 Å². The van der Waals surface area contributed by atoms with E-state index in [-0.39, 0.29) is 16.5 Å². The normalized spacial score (nSPS) is 17.0. The largest absolute Gasteiger partial charge is 0.548 e. The maximum Gasteiger partial charge on any atom is 0.266 e. The van der Waals surface area contributed by atoms with Crippen LogP contribution in [0, 0.1) is 0 Å². The van der Waals surface area contributed by atoms with Crippen molar-refractivity contribution >= 4 is 58.0 Å². The number of ether oxygens (including phenoxy) is 1. The summed E-state index contributed by atoms with van der Waals surface area (Å²) in [6.45, 7) is 2.19. The smallest absolute Gasteiger partial charge is 0.266 e. The van der Waals surface area contributed by atoms with Crippen LogP contribution in [0.4, 0.5) is 0 Å². The summed E-state index contributed by atoms with van der Waals surface area (Å²) in [6, 6.07) is 3.63.